The molecule has 4 rings (SSSR count). The molecule has 31 heavy (non-hydrogen) atoms. The molecule has 0 atom stereocenters. The van der Waals surface area contributed by atoms with Gasteiger partial charge in [0.25, 0.3) is 5.91 Å². The Morgan fingerprint density at radius 2 is 1.48 bits per heavy atom. The molecule has 1 saturated heterocycles. The molecule has 2 fully saturated rings. The Morgan fingerprint density at radius 1 is 0.839 bits per heavy atom. The summed E-state index contributed by atoms with van der Waals surface area (Å²) in [5.41, 5.74) is 1.17. The minimum atomic E-state index is -0.367. The van der Waals surface area contributed by atoms with Gasteiger partial charge in [0.2, 0.25) is 0 Å². The maximum absolute atomic E-state index is 13.1. The topological polar surface area (TPSA) is 61.9 Å². The number of halogens is 1. The number of carbonyl (C=O) groups is 2. The van der Waals surface area contributed by atoms with Gasteiger partial charge in [0.05, 0.1) is 6.10 Å². The first-order valence-corrected chi connectivity index (χ1v) is 11.0. The van der Waals surface area contributed by atoms with Crippen LogP contribution in [0.15, 0.2) is 48.5 Å². The molecule has 7 heteroatoms. The summed E-state index contributed by atoms with van der Waals surface area (Å²) in [6.45, 7) is 2.02. The fourth-order valence-corrected chi connectivity index (χ4v) is 4.12. The lowest BCUT2D eigenvalue weighted by molar-refractivity contribution is 0.0762. The highest BCUT2D eigenvalue weighted by atomic mass is 19.1. The van der Waals surface area contributed by atoms with Crippen LogP contribution >= 0.6 is 0 Å². The van der Waals surface area contributed by atoms with Crippen LogP contribution in [0.2, 0.25) is 0 Å². The lowest BCUT2D eigenvalue weighted by Gasteiger charge is -2.22. The van der Waals surface area contributed by atoms with Gasteiger partial charge in [-0.2, -0.15) is 0 Å². The van der Waals surface area contributed by atoms with Crippen molar-refractivity contribution in [2.75, 3.05) is 31.5 Å². The minimum Gasteiger partial charge on any atom is -0.490 e. The lowest BCUT2D eigenvalue weighted by atomic mass is 10.2. The summed E-state index contributed by atoms with van der Waals surface area (Å²) in [4.78, 5) is 28.8. The van der Waals surface area contributed by atoms with Crippen LogP contribution in [0.3, 0.4) is 0 Å². The van der Waals surface area contributed by atoms with E-state index in [1.54, 1.807) is 9.80 Å². The number of hydrogen-bond donors (Lipinski definition) is 1. The van der Waals surface area contributed by atoms with Crippen LogP contribution < -0.4 is 10.1 Å². The molecule has 1 aliphatic carbocycles. The Morgan fingerprint density at radius 3 is 2.19 bits per heavy atom. The summed E-state index contributed by atoms with van der Waals surface area (Å²) in [6, 6.07) is 12.9. The maximum atomic E-state index is 13.1. The van der Waals surface area contributed by atoms with Crippen LogP contribution in [0.4, 0.5) is 14.9 Å². The highest BCUT2D eigenvalue weighted by Crippen LogP contribution is 2.25. The van der Waals surface area contributed by atoms with Gasteiger partial charge in [-0.25, -0.2) is 9.18 Å². The fourth-order valence-electron chi connectivity index (χ4n) is 4.12. The predicted octanol–water partition coefficient (Wildman–Crippen LogP) is 4.53. The number of urea groups is 1. The summed E-state index contributed by atoms with van der Waals surface area (Å²) in [5, 5.41) is 2.93. The van der Waals surface area contributed by atoms with E-state index < -0.39 is 0 Å². The van der Waals surface area contributed by atoms with Gasteiger partial charge in [0, 0.05) is 37.4 Å². The van der Waals surface area contributed by atoms with Crippen molar-refractivity contribution in [3.8, 4) is 5.75 Å². The number of nitrogens with one attached hydrogen (secondary N) is 1. The van der Waals surface area contributed by atoms with Crippen LogP contribution in [0.25, 0.3) is 0 Å². The van der Waals surface area contributed by atoms with Crippen molar-refractivity contribution < 1.29 is 18.7 Å². The van der Waals surface area contributed by atoms with Crippen molar-refractivity contribution in [3.63, 3.8) is 0 Å². The van der Waals surface area contributed by atoms with Crippen LogP contribution in [0, 0.1) is 5.82 Å². The number of benzene rings is 2. The van der Waals surface area contributed by atoms with Crippen molar-refractivity contribution in [3.05, 3.63) is 59.9 Å². The Labute approximate surface area is 182 Å². The molecule has 0 spiro atoms. The molecule has 0 bridgehead atoms. The van der Waals surface area contributed by atoms with Gasteiger partial charge in [0.1, 0.15) is 11.6 Å². The quantitative estimate of drug-likeness (QED) is 0.783. The Bertz CT molecular complexity index is 895. The van der Waals surface area contributed by atoms with Gasteiger partial charge in [-0.05, 0) is 80.6 Å². The van der Waals surface area contributed by atoms with Gasteiger partial charge in [-0.3, -0.25) is 4.79 Å². The number of rotatable bonds is 4. The average molecular weight is 426 g/mol. The summed E-state index contributed by atoms with van der Waals surface area (Å²) in [6.07, 6.45) is 5.65. The first kappa shape index (κ1) is 21.2. The normalized spacial score (nSPS) is 17.3. The number of ether oxygens (including phenoxy) is 1. The highest BCUT2D eigenvalue weighted by molar-refractivity contribution is 5.94. The van der Waals surface area contributed by atoms with Gasteiger partial charge in [-0.15, -0.1) is 0 Å². The Kier molecular flexibility index (Phi) is 6.70. The van der Waals surface area contributed by atoms with Crippen molar-refractivity contribution in [1.82, 2.24) is 9.80 Å². The molecule has 2 aromatic carbocycles. The van der Waals surface area contributed by atoms with Gasteiger partial charge in [0.15, 0.2) is 0 Å². The summed E-state index contributed by atoms with van der Waals surface area (Å²) in [5.74, 6) is 0.322. The van der Waals surface area contributed by atoms with Crippen molar-refractivity contribution in [1.29, 1.82) is 0 Å². The maximum Gasteiger partial charge on any atom is 0.321 e. The standard InChI is InChI=1S/C24H28FN3O3/c25-19-8-6-18(7-9-19)23(29)27-14-3-15-28(17-16-27)24(30)26-20-10-12-22(13-11-20)31-21-4-1-2-5-21/h6-13,21H,1-5,14-17H2,(H,26,30). The third-order valence-corrected chi connectivity index (χ3v) is 5.87. The largest absolute Gasteiger partial charge is 0.490 e. The zero-order valence-corrected chi connectivity index (χ0v) is 17.6. The van der Waals surface area contributed by atoms with Crippen LogP contribution in [-0.4, -0.2) is 54.0 Å². The molecule has 0 radical (unpaired) electrons. The highest BCUT2D eigenvalue weighted by Gasteiger charge is 2.23. The monoisotopic (exact) mass is 425 g/mol. The molecule has 0 aromatic heterocycles. The molecule has 6 nitrogen and oxygen atoms in total. The lowest BCUT2D eigenvalue weighted by Crippen LogP contribution is -2.39. The predicted molar refractivity (Wildman–Crippen MR) is 117 cm³/mol. The van der Waals surface area contributed by atoms with Gasteiger partial charge >= 0.3 is 6.03 Å². The smallest absolute Gasteiger partial charge is 0.321 e. The molecule has 2 aliphatic rings. The van der Waals surface area contributed by atoms with Crippen molar-refractivity contribution in [2.24, 2.45) is 0 Å². The number of amides is 3. The molecule has 1 heterocycles. The van der Waals surface area contributed by atoms with E-state index in [0.29, 0.717) is 50.0 Å². The van der Waals surface area contributed by atoms with E-state index in [4.69, 9.17) is 4.74 Å². The average Bonchev–Trinajstić information content (AvgIpc) is 3.16. The molecule has 0 unspecified atom stereocenters. The van der Waals surface area contributed by atoms with E-state index in [0.717, 1.165) is 18.6 Å². The number of anilines is 1. The summed E-state index contributed by atoms with van der Waals surface area (Å²) >= 11 is 0. The Hall–Kier alpha value is -3.09. The van der Waals surface area contributed by atoms with Crippen molar-refractivity contribution in [2.45, 2.75) is 38.2 Å². The number of hydrogen-bond acceptors (Lipinski definition) is 3. The van der Waals surface area contributed by atoms with Crippen LogP contribution in [-0.2, 0) is 0 Å². The second kappa shape index (κ2) is 9.81. The molecule has 2 aromatic rings. The second-order valence-corrected chi connectivity index (χ2v) is 8.12. The third-order valence-electron chi connectivity index (χ3n) is 5.87. The zero-order chi connectivity index (χ0) is 21.6. The molecule has 3 amide bonds. The van der Waals surface area contributed by atoms with E-state index >= 15 is 0 Å². The summed E-state index contributed by atoms with van der Waals surface area (Å²) < 4.78 is 19.1. The van der Waals surface area contributed by atoms with E-state index in [-0.39, 0.29) is 17.8 Å². The molecular formula is C24H28FN3O3. The number of nitrogens with zero attached hydrogens (tertiary/aromatic N) is 2. The van der Waals surface area contributed by atoms with Crippen LogP contribution in [0.5, 0.6) is 5.75 Å². The minimum absolute atomic E-state index is 0.139. The Balaban J connectivity index is 1.29. The molecule has 1 saturated carbocycles. The van der Waals surface area contributed by atoms with Gasteiger partial charge < -0.3 is 19.9 Å². The molecule has 164 valence electrons. The van der Waals surface area contributed by atoms with E-state index in [9.17, 15) is 14.0 Å². The molecule has 1 N–H and O–H groups in total. The number of carbonyl (C=O) groups excluding carboxylic acids is 2. The van der Waals surface area contributed by atoms with E-state index in [2.05, 4.69) is 5.32 Å². The first-order valence-electron chi connectivity index (χ1n) is 11.0. The van der Waals surface area contributed by atoms with E-state index in [1.807, 2.05) is 24.3 Å². The summed E-state index contributed by atoms with van der Waals surface area (Å²) in [7, 11) is 0. The second-order valence-electron chi connectivity index (χ2n) is 8.12. The molecular weight excluding hydrogens is 397 g/mol. The van der Waals surface area contributed by atoms with Crippen molar-refractivity contribution >= 4 is 17.6 Å². The third kappa shape index (κ3) is 5.54. The van der Waals surface area contributed by atoms with Crippen LogP contribution in [0.1, 0.15) is 42.5 Å². The van der Waals surface area contributed by atoms with E-state index in [1.165, 1.54) is 37.1 Å². The fraction of sp³-hybridized carbons (Fsp3) is 0.417. The molecule has 1 aliphatic heterocycles. The zero-order valence-electron chi connectivity index (χ0n) is 17.6. The first-order chi connectivity index (χ1) is 15.1. The van der Waals surface area contributed by atoms with Gasteiger partial charge in [-0.1, -0.05) is 0 Å². The SMILES string of the molecule is O=C(Nc1ccc(OC2CCCC2)cc1)N1CCCN(C(=O)c2ccc(F)cc2)CC1.